The molecule has 1 N–H and O–H groups in total. The molecule has 2 atom stereocenters. The first-order valence-electron chi connectivity index (χ1n) is 7.48. The summed E-state index contributed by atoms with van der Waals surface area (Å²) < 4.78 is 0. The van der Waals surface area contributed by atoms with Crippen LogP contribution in [0.15, 0.2) is 24.3 Å². The number of nitrogens with zero attached hydrogens (tertiary/aromatic N) is 2. The van der Waals surface area contributed by atoms with Gasteiger partial charge in [0.2, 0.25) is 0 Å². The van der Waals surface area contributed by atoms with Crippen molar-refractivity contribution in [2.24, 2.45) is 0 Å². The van der Waals surface area contributed by atoms with Crippen LogP contribution >= 0.6 is 11.6 Å². The van der Waals surface area contributed by atoms with Gasteiger partial charge in [-0.1, -0.05) is 36.7 Å². The molecule has 0 saturated carbocycles. The highest BCUT2D eigenvalue weighted by atomic mass is 35.5. The highest BCUT2D eigenvalue weighted by molar-refractivity contribution is 6.31. The topological polar surface area (TPSA) is 18.5 Å². The molecule has 3 nitrogen and oxygen atoms in total. The second-order valence-electron chi connectivity index (χ2n) is 5.76. The second kappa shape index (κ2) is 7.41. The third kappa shape index (κ3) is 3.95. The molecule has 1 aliphatic heterocycles. The van der Waals surface area contributed by atoms with Gasteiger partial charge in [-0.3, -0.25) is 0 Å². The van der Waals surface area contributed by atoms with Crippen LogP contribution in [-0.2, 0) is 0 Å². The summed E-state index contributed by atoms with van der Waals surface area (Å²) in [6, 6.07) is 9.10. The van der Waals surface area contributed by atoms with Crippen molar-refractivity contribution in [3.8, 4) is 0 Å². The van der Waals surface area contributed by atoms with Crippen LogP contribution in [0.5, 0.6) is 0 Å². The van der Waals surface area contributed by atoms with Crippen LogP contribution in [0.2, 0.25) is 5.02 Å². The Labute approximate surface area is 127 Å². The summed E-state index contributed by atoms with van der Waals surface area (Å²) in [5.74, 6) is 0. The molecule has 1 aliphatic rings. The van der Waals surface area contributed by atoms with Crippen molar-refractivity contribution >= 4 is 11.6 Å². The zero-order valence-corrected chi connectivity index (χ0v) is 13.5. The summed E-state index contributed by atoms with van der Waals surface area (Å²) >= 11 is 6.37. The maximum absolute atomic E-state index is 6.37. The molecule has 0 radical (unpaired) electrons. The lowest BCUT2D eigenvalue weighted by molar-refractivity contribution is 0.101. The van der Waals surface area contributed by atoms with Gasteiger partial charge in [-0.15, -0.1) is 0 Å². The normalized spacial score (nSPS) is 22.9. The number of hydrogen-bond donors (Lipinski definition) is 1. The Hall–Kier alpha value is -0.610. The molecule has 1 fully saturated rings. The summed E-state index contributed by atoms with van der Waals surface area (Å²) in [6.45, 7) is 6.54. The summed E-state index contributed by atoms with van der Waals surface area (Å²) in [5, 5.41) is 4.46. The summed E-state index contributed by atoms with van der Waals surface area (Å²) in [6.07, 6.45) is 1.10. The van der Waals surface area contributed by atoms with Gasteiger partial charge in [0.1, 0.15) is 0 Å². The van der Waals surface area contributed by atoms with Gasteiger partial charge in [0.25, 0.3) is 0 Å². The first kappa shape index (κ1) is 15.8. The van der Waals surface area contributed by atoms with Gasteiger partial charge in [0.05, 0.1) is 0 Å². The molecule has 0 bridgehead atoms. The minimum atomic E-state index is 0.327. The van der Waals surface area contributed by atoms with Gasteiger partial charge in [-0.25, -0.2) is 0 Å². The third-order valence-electron chi connectivity index (χ3n) is 4.22. The van der Waals surface area contributed by atoms with Gasteiger partial charge < -0.3 is 15.1 Å². The highest BCUT2D eigenvalue weighted by Crippen LogP contribution is 2.27. The van der Waals surface area contributed by atoms with Crippen LogP contribution in [-0.4, -0.2) is 56.1 Å². The highest BCUT2D eigenvalue weighted by Gasteiger charge is 2.26. The second-order valence-corrected chi connectivity index (χ2v) is 6.17. The van der Waals surface area contributed by atoms with E-state index in [2.05, 4.69) is 48.3 Å². The van der Waals surface area contributed by atoms with E-state index in [-0.39, 0.29) is 0 Å². The van der Waals surface area contributed by atoms with Gasteiger partial charge >= 0.3 is 0 Å². The lowest BCUT2D eigenvalue weighted by Gasteiger charge is -2.39. The van der Waals surface area contributed by atoms with E-state index in [1.807, 2.05) is 12.1 Å². The molecule has 2 rings (SSSR count). The third-order valence-corrected chi connectivity index (χ3v) is 4.56. The van der Waals surface area contributed by atoms with Crippen LogP contribution in [0.1, 0.15) is 24.9 Å². The van der Waals surface area contributed by atoms with Crippen LogP contribution in [0.4, 0.5) is 0 Å². The lowest BCUT2D eigenvalue weighted by Crippen LogP contribution is -2.51. The average molecular weight is 296 g/mol. The molecular formula is C16H26ClN3. The largest absolute Gasteiger partial charge is 0.310 e. The van der Waals surface area contributed by atoms with E-state index in [1.54, 1.807) is 0 Å². The Morgan fingerprint density at radius 2 is 2.05 bits per heavy atom. The molecule has 4 heteroatoms. The molecule has 112 valence electrons. The smallest absolute Gasteiger partial charge is 0.0453 e. The monoisotopic (exact) mass is 295 g/mol. The first-order chi connectivity index (χ1) is 9.61. The quantitative estimate of drug-likeness (QED) is 0.901. The van der Waals surface area contributed by atoms with Crippen molar-refractivity contribution in [2.75, 3.05) is 40.3 Å². The minimum absolute atomic E-state index is 0.327. The maximum atomic E-state index is 6.37. The van der Waals surface area contributed by atoms with E-state index in [0.29, 0.717) is 12.1 Å². The SMILES string of the molecule is CCNC(CC1CN(C)CCN1C)c1ccccc1Cl. The van der Waals surface area contributed by atoms with Crippen molar-refractivity contribution in [1.82, 2.24) is 15.1 Å². The summed E-state index contributed by atoms with van der Waals surface area (Å²) in [5.41, 5.74) is 1.22. The van der Waals surface area contributed by atoms with Gasteiger partial charge in [0, 0.05) is 36.7 Å². The van der Waals surface area contributed by atoms with Crippen LogP contribution in [0.3, 0.4) is 0 Å². The Bertz CT molecular complexity index is 424. The Morgan fingerprint density at radius 1 is 1.30 bits per heavy atom. The zero-order valence-electron chi connectivity index (χ0n) is 12.8. The predicted molar refractivity (Wildman–Crippen MR) is 86.4 cm³/mol. The number of benzene rings is 1. The number of nitrogens with one attached hydrogen (secondary N) is 1. The van der Waals surface area contributed by atoms with Crippen LogP contribution in [0.25, 0.3) is 0 Å². The molecule has 2 unspecified atom stereocenters. The number of piperazine rings is 1. The zero-order chi connectivity index (χ0) is 14.5. The van der Waals surface area contributed by atoms with E-state index in [9.17, 15) is 0 Å². The Morgan fingerprint density at radius 3 is 2.75 bits per heavy atom. The first-order valence-corrected chi connectivity index (χ1v) is 7.86. The fourth-order valence-electron chi connectivity index (χ4n) is 2.95. The summed E-state index contributed by atoms with van der Waals surface area (Å²) in [4.78, 5) is 4.89. The molecular weight excluding hydrogens is 270 g/mol. The van der Waals surface area contributed by atoms with Crippen molar-refractivity contribution in [3.63, 3.8) is 0 Å². The van der Waals surface area contributed by atoms with Crippen molar-refractivity contribution in [1.29, 1.82) is 0 Å². The molecule has 20 heavy (non-hydrogen) atoms. The molecule has 1 saturated heterocycles. The molecule has 0 aromatic heterocycles. The van der Waals surface area contributed by atoms with E-state index < -0.39 is 0 Å². The number of likely N-dealkylation sites (N-methyl/N-ethyl adjacent to an activating group) is 2. The minimum Gasteiger partial charge on any atom is -0.310 e. The fourth-order valence-corrected chi connectivity index (χ4v) is 3.22. The van der Waals surface area contributed by atoms with Crippen LogP contribution < -0.4 is 5.32 Å². The van der Waals surface area contributed by atoms with E-state index in [1.165, 1.54) is 5.56 Å². The standard InChI is InChI=1S/C16H26ClN3/c1-4-18-16(14-7-5-6-8-15(14)17)11-13-12-19(2)9-10-20(13)3/h5-8,13,16,18H,4,9-12H2,1-3H3. The molecule has 1 heterocycles. The van der Waals surface area contributed by atoms with Gasteiger partial charge in [-0.2, -0.15) is 0 Å². The van der Waals surface area contributed by atoms with E-state index >= 15 is 0 Å². The number of rotatable bonds is 5. The van der Waals surface area contributed by atoms with Crippen molar-refractivity contribution in [3.05, 3.63) is 34.9 Å². The molecule has 1 aromatic rings. The Kier molecular flexibility index (Phi) is 5.85. The molecule has 0 aliphatic carbocycles. The molecule has 1 aromatic carbocycles. The Balaban J connectivity index is 2.11. The molecule has 0 spiro atoms. The predicted octanol–water partition coefficient (Wildman–Crippen LogP) is 2.63. The van der Waals surface area contributed by atoms with Crippen molar-refractivity contribution < 1.29 is 0 Å². The maximum Gasteiger partial charge on any atom is 0.0453 e. The van der Waals surface area contributed by atoms with Crippen LogP contribution in [0, 0.1) is 0 Å². The fraction of sp³-hybridized carbons (Fsp3) is 0.625. The van der Waals surface area contributed by atoms with Crippen molar-refractivity contribution in [2.45, 2.75) is 25.4 Å². The van der Waals surface area contributed by atoms with E-state index in [0.717, 1.165) is 37.6 Å². The number of hydrogen-bond acceptors (Lipinski definition) is 3. The van der Waals surface area contributed by atoms with Gasteiger partial charge in [-0.05, 0) is 38.7 Å². The lowest BCUT2D eigenvalue weighted by atomic mass is 9.97. The van der Waals surface area contributed by atoms with Gasteiger partial charge in [0.15, 0.2) is 0 Å². The number of halogens is 1. The molecule has 0 amide bonds. The summed E-state index contributed by atoms with van der Waals surface area (Å²) in [7, 11) is 4.44. The van der Waals surface area contributed by atoms with E-state index in [4.69, 9.17) is 11.6 Å². The average Bonchev–Trinajstić information content (AvgIpc) is 2.43.